The first kappa shape index (κ1) is 15.1. The highest BCUT2D eigenvalue weighted by Gasteiger charge is 2.17. The molecule has 0 atom stereocenters. The van der Waals surface area contributed by atoms with E-state index in [9.17, 15) is 13.6 Å². The van der Waals surface area contributed by atoms with Crippen LogP contribution in [0.15, 0.2) is 54.7 Å². The minimum absolute atomic E-state index is 0.0498. The fraction of sp³-hybridized carbons (Fsp3) is 0.111. The average Bonchev–Trinajstić information content (AvgIpc) is 2.56. The maximum atomic E-state index is 13.7. The number of carbonyl (C=O) groups excluding carboxylic acids is 1. The van der Waals surface area contributed by atoms with E-state index in [0.29, 0.717) is 11.1 Å². The van der Waals surface area contributed by atoms with Gasteiger partial charge >= 0.3 is 0 Å². The number of pyridine rings is 1. The van der Waals surface area contributed by atoms with Crippen molar-refractivity contribution in [3.05, 3.63) is 77.5 Å². The Bertz CT molecular complexity index is 875. The summed E-state index contributed by atoms with van der Waals surface area (Å²) in [4.78, 5) is 18.3. The third kappa shape index (κ3) is 3.04. The van der Waals surface area contributed by atoms with Crippen molar-refractivity contribution in [1.82, 2.24) is 9.88 Å². The zero-order chi connectivity index (χ0) is 16.4. The Morgan fingerprint density at radius 2 is 1.91 bits per heavy atom. The van der Waals surface area contributed by atoms with Crippen molar-refractivity contribution in [2.45, 2.75) is 6.54 Å². The summed E-state index contributed by atoms with van der Waals surface area (Å²) in [5, 5.41) is 0.861. The lowest BCUT2D eigenvalue weighted by molar-refractivity contribution is 0.0785. The predicted octanol–water partition coefficient (Wildman–Crippen LogP) is 3.79. The van der Waals surface area contributed by atoms with Gasteiger partial charge in [0, 0.05) is 36.8 Å². The molecule has 0 saturated carbocycles. The molecule has 3 nitrogen and oxygen atoms in total. The van der Waals surface area contributed by atoms with Crippen LogP contribution < -0.4 is 0 Å². The van der Waals surface area contributed by atoms with Crippen LogP contribution in [0.25, 0.3) is 10.9 Å². The van der Waals surface area contributed by atoms with Crippen molar-refractivity contribution < 1.29 is 13.6 Å². The topological polar surface area (TPSA) is 33.2 Å². The molecule has 1 heterocycles. The highest BCUT2D eigenvalue weighted by molar-refractivity contribution is 6.05. The second-order valence-corrected chi connectivity index (χ2v) is 5.28. The number of fused-ring (bicyclic) bond motifs is 1. The summed E-state index contributed by atoms with van der Waals surface area (Å²) in [5.41, 5.74) is 1.31. The van der Waals surface area contributed by atoms with Crippen LogP contribution in [0.3, 0.4) is 0 Å². The summed E-state index contributed by atoms with van der Waals surface area (Å²) in [6, 6.07) is 12.4. The largest absolute Gasteiger partial charge is 0.337 e. The van der Waals surface area contributed by atoms with Gasteiger partial charge in [0.05, 0.1) is 11.1 Å². The Morgan fingerprint density at radius 1 is 1.13 bits per heavy atom. The van der Waals surface area contributed by atoms with Crippen LogP contribution in [0.5, 0.6) is 0 Å². The lowest BCUT2D eigenvalue weighted by atomic mass is 10.1. The number of para-hydroxylation sites is 1. The second kappa shape index (κ2) is 6.12. The average molecular weight is 312 g/mol. The summed E-state index contributed by atoms with van der Waals surface area (Å²) in [7, 11) is 1.58. The number of hydrogen-bond donors (Lipinski definition) is 0. The van der Waals surface area contributed by atoms with E-state index in [1.165, 1.54) is 17.0 Å². The van der Waals surface area contributed by atoms with E-state index in [1.807, 2.05) is 12.1 Å². The molecular weight excluding hydrogens is 298 g/mol. The minimum atomic E-state index is -0.666. The second-order valence-electron chi connectivity index (χ2n) is 5.28. The van der Waals surface area contributed by atoms with Crippen molar-refractivity contribution in [3.63, 3.8) is 0 Å². The Morgan fingerprint density at radius 3 is 2.70 bits per heavy atom. The van der Waals surface area contributed by atoms with E-state index in [0.717, 1.165) is 11.5 Å². The zero-order valence-electron chi connectivity index (χ0n) is 12.5. The van der Waals surface area contributed by atoms with Crippen molar-refractivity contribution in [2.24, 2.45) is 0 Å². The van der Waals surface area contributed by atoms with Gasteiger partial charge in [0.15, 0.2) is 0 Å². The maximum absolute atomic E-state index is 13.7. The molecule has 0 fully saturated rings. The Balaban J connectivity index is 1.89. The molecule has 116 valence electrons. The monoisotopic (exact) mass is 312 g/mol. The summed E-state index contributed by atoms with van der Waals surface area (Å²) in [6.45, 7) is 0.0498. The number of nitrogens with zero attached hydrogens (tertiary/aromatic N) is 2. The molecule has 0 bridgehead atoms. The number of aromatic nitrogens is 1. The number of amides is 1. The van der Waals surface area contributed by atoms with Gasteiger partial charge in [0.25, 0.3) is 5.91 Å². The normalized spacial score (nSPS) is 10.7. The van der Waals surface area contributed by atoms with Crippen LogP contribution in [0.4, 0.5) is 8.78 Å². The molecule has 0 spiro atoms. The van der Waals surface area contributed by atoms with Gasteiger partial charge in [0.1, 0.15) is 11.6 Å². The van der Waals surface area contributed by atoms with E-state index >= 15 is 0 Å². The van der Waals surface area contributed by atoms with Crippen LogP contribution in [0.2, 0.25) is 0 Å². The molecular formula is C18H14F2N2O. The molecule has 1 amide bonds. The fourth-order valence-corrected chi connectivity index (χ4v) is 2.46. The molecule has 0 aliphatic heterocycles. The third-order valence-corrected chi connectivity index (χ3v) is 3.63. The lowest BCUT2D eigenvalue weighted by Crippen LogP contribution is -2.27. The molecule has 0 N–H and O–H groups in total. The first-order valence-corrected chi connectivity index (χ1v) is 7.09. The van der Waals surface area contributed by atoms with Crippen molar-refractivity contribution in [2.75, 3.05) is 7.05 Å². The van der Waals surface area contributed by atoms with Crippen molar-refractivity contribution in [3.8, 4) is 0 Å². The molecule has 0 unspecified atom stereocenters. The maximum Gasteiger partial charge on any atom is 0.256 e. The molecule has 0 aliphatic carbocycles. The molecule has 2 aromatic carbocycles. The smallest absolute Gasteiger partial charge is 0.256 e. The van der Waals surface area contributed by atoms with E-state index in [-0.39, 0.29) is 18.0 Å². The molecule has 3 aromatic rings. The van der Waals surface area contributed by atoms with Crippen LogP contribution in [-0.2, 0) is 6.54 Å². The Labute approximate surface area is 132 Å². The van der Waals surface area contributed by atoms with Gasteiger partial charge in [-0.05, 0) is 18.2 Å². The van der Waals surface area contributed by atoms with Gasteiger partial charge in [-0.2, -0.15) is 0 Å². The quantitative estimate of drug-likeness (QED) is 0.737. The number of halogens is 2. The van der Waals surface area contributed by atoms with Gasteiger partial charge < -0.3 is 4.90 Å². The Kier molecular flexibility index (Phi) is 4.02. The van der Waals surface area contributed by atoms with Gasteiger partial charge in [-0.25, -0.2) is 8.78 Å². The van der Waals surface area contributed by atoms with Crippen LogP contribution in [0, 0.1) is 11.6 Å². The number of rotatable bonds is 3. The standard InChI is InChI=1S/C18H14F2N2O/c1-22(11-13-7-8-14(19)10-16(13)20)18(23)15-6-2-4-12-5-3-9-21-17(12)15/h2-10H,11H2,1H3. The summed E-state index contributed by atoms with van der Waals surface area (Å²) >= 11 is 0. The zero-order valence-corrected chi connectivity index (χ0v) is 12.5. The molecule has 1 aromatic heterocycles. The van der Waals surface area contributed by atoms with Crippen LogP contribution >= 0.6 is 0 Å². The number of benzene rings is 2. The van der Waals surface area contributed by atoms with E-state index < -0.39 is 11.6 Å². The number of hydrogen-bond acceptors (Lipinski definition) is 2. The Hall–Kier alpha value is -2.82. The molecule has 0 saturated heterocycles. The number of carbonyl (C=O) groups is 1. The van der Waals surface area contributed by atoms with Crippen LogP contribution in [-0.4, -0.2) is 22.8 Å². The lowest BCUT2D eigenvalue weighted by Gasteiger charge is -2.18. The highest BCUT2D eigenvalue weighted by atomic mass is 19.1. The molecule has 0 radical (unpaired) electrons. The van der Waals surface area contributed by atoms with Gasteiger partial charge in [-0.1, -0.05) is 24.3 Å². The fourth-order valence-electron chi connectivity index (χ4n) is 2.46. The molecule has 23 heavy (non-hydrogen) atoms. The SMILES string of the molecule is CN(Cc1ccc(F)cc1F)C(=O)c1cccc2cccnc12. The molecule has 0 aliphatic rings. The first-order chi connectivity index (χ1) is 11.1. The van der Waals surface area contributed by atoms with E-state index in [4.69, 9.17) is 0 Å². The van der Waals surface area contributed by atoms with Crippen LogP contribution in [0.1, 0.15) is 15.9 Å². The predicted molar refractivity (Wildman–Crippen MR) is 83.9 cm³/mol. The van der Waals surface area contributed by atoms with Gasteiger partial charge in [-0.3, -0.25) is 9.78 Å². The first-order valence-electron chi connectivity index (χ1n) is 7.09. The third-order valence-electron chi connectivity index (χ3n) is 3.63. The van der Waals surface area contributed by atoms with E-state index in [2.05, 4.69) is 4.98 Å². The summed E-state index contributed by atoms with van der Waals surface area (Å²) < 4.78 is 26.7. The summed E-state index contributed by atoms with van der Waals surface area (Å²) in [6.07, 6.45) is 1.62. The molecule has 5 heteroatoms. The highest BCUT2D eigenvalue weighted by Crippen LogP contribution is 2.19. The van der Waals surface area contributed by atoms with Gasteiger partial charge in [0.2, 0.25) is 0 Å². The van der Waals surface area contributed by atoms with Crippen molar-refractivity contribution >= 4 is 16.8 Å². The van der Waals surface area contributed by atoms with E-state index in [1.54, 1.807) is 31.4 Å². The molecule has 3 rings (SSSR count). The van der Waals surface area contributed by atoms with Crippen molar-refractivity contribution in [1.29, 1.82) is 0 Å². The summed E-state index contributed by atoms with van der Waals surface area (Å²) in [5.74, 6) is -1.57. The van der Waals surface area contributed by atoms with Gasteiger partial charge in [-0.15, -0.1) is 0 Å². The minimum Gasteiger partial charge on any atom is -0.337 e.